The Kier molecular flexibility index (Phi) is 12.1. The van der Waals surface area contributed by atoms with Gasteiger partial charge in [-0.15, -0.1) is 5.92 Å². The van der Waals surface area contributed by atoms with Crippen LogP contribution in [0.4, 0.5) is 0 Å². The maximum Gasteiger partial charge on any atom is 0.331 e. The summed E-state index contributed by atoms with van der Waals surface area (Å²) < 4.78 is 6.58. The molecule has 0 amide bonds. The monoisotopic (exact) mass is 1070 g/mol. The Hall–Kier alpha value is -3.80. The molecule has 1 aliphatic heterocycles. The van der Waals surface area contributed by atoms with Crippen molar-refractivity contribution in [1.82, 2.24) is 5.32 Å². The molecule has 2 aromatic carbocycles. The van der Waals surface area contributed by atoms with Crippen LogP contribution in [0.5, 0.6) is 0 Å². The van der Waals surface area contributed by atoms with E-state index in [0.29, 0.717) is 75.5 Å². The lowest BCUT2D eigenvalue weighted by molar-refractivity contribution is -0.365. The van der Waals surface area contributed by atoms with E-state index in [9.17, 15) is 20.1 Å². The number of nitrogens with one attached hydrogen (secondary N) is 1. The fourth-order valence-electron chi connectivity index (χ4n) is 24.6. The van der Waals surface area contributed by atoms with Crippen molar-refractivity contribution in [3.05, 3.63) is 82.4 Å². The fraction of sp³-hybridized carbons (Fsp3) is 0.714. The highest BCUT2D eigenvalue weighted by Crippen LogP contribution is 2.82. The summed E-state index contributed by atoms with van der Waals surface area (Å²) in [6.07, 6.45) is 19.3. The zero-order valence-corrected chi connectivity index (χ0v) is 47.0. The van der Waals surface area contributed by atoms with E-state index in [0.717, 1.165) is 86.3 Å². The lowest BCUT2D eigenvalue weighted by atomic mass is 9.31. The van der Waals surface area contributed by atoms with Crippen LogP contribution >= 0.6 is 0 Å². The minimum atomic E-state index is -1.88. The summed E-state index contributed by atoms with van der Waals surface area (Å²) in [5, 5.41) is 74.1. The van der Waals surface area contributed by atoms with Gasteiger partial charge in [0.2, 0.25) is 0 Å². The normalized spacial score (nSPS) is 48.8. The van der Waals surface area contributed by atoms with E-state index in [1.165, 1.54) is 31.2 Å². The Bertz CT molecular complexity index is 2960. The van der Waals surface area contributed by atoms with E-state index in [4.69, 9.17) is 4.74 Å². The van der Waals surface area contributed by atoms with Crippen molar-refractivity contribution in [2.75, 3.05) is 7.05 Å². The predicted molar refractivity (Wildman–Crippen MR) is 300 cm³/mol. The predicted octanol–water partition coefficient (Wildman–Crippen LogP) is 9.77. The molecule has 79 heavy (non-hydrogen) atoms. The van der Waals surface area contributed by atoms with Crippen molar-refractivity contribution in [3.63, 3.8) is 0 Å². The third-order valence-corrected chi connectivity index (χ3v) is 27.4. The number of esters is 1. The Morgan fingerprint density at radius 1 is 0.835 bits per heavy atom. The maximum atomic E-state index is 15.8. The van der Waals surface area contributed by atoms with E-state index in [1.54, 1.807) is 6.08 Å². The first-order valence-electron chi connectivity index (χ1n) is 31.9. The highest BCUT2D eigenvalue weighted by molar-refractivity contribution is 5.86. The molecule has 420 valence electrons. The minimum absolute atomic E-state index is 0.113. The zero-order valence-electron chi connectivity index (χ0n) is 47.0. The first-order valence-corrected chi connectivity index (χ1v) is 31.9. The molecule has 1 heterocycles. The highest BCUT2D eigenvalue weighted by Gasteiger charge is 2.87. The standard InChI is InChI=1S/C70H87NO8/c1-41(42-12-6-7-13-42)45-20-22-57-63(75)65-29-25-52-51(50(21-23-56(52)65)43-14-4-3-5-15-43)19-11-17-46-34-66-38-64(26-8-9-27-64)28-24-44-16-10-18-47(37-72)53(44)32-58(71-2)54-31-48(60(66)55-33-59(74)79-61(54)55)35-69(66,77)68(76)36-49(30-45)70(57,78)67(39-65,40-73)62(46)68/h3-5,10,14-16,18,33,40-42,45-46,48-52,54,56-58,60-63,71-72,75-78H,6-9,12-13,19-23,25-27,29-32,34-39H2,1-2H3. The van der Waals surface area contributed by atoms with Crippen LogP contribution in [0.1, 0.15) is 176 Å². The SMILES string of the molecule is CNC1Cc2c(cccc2CO)C#CC2(CCCC2)CC23CC4C#CCC5C(c6ccccc6)CCC6C5CCC65CC6(C=O)C4C(O)(CC4CC(C(C)C7CCCC7)CCC(C5O)C46O)C2(O)CC2CC1C1OC(=O)C=C1C23. The average molecular weight is 1070 g/mol. The Labute approximate surface area is 469 Å². The van der Waals surface area contributed by atoms with Gasteiger partial charge in [0.1, 0.15) is 18.0 Å². The number of rotatable bonds is 6. The number of ether oxygens (including phenoxy) is 1. The van der Waals surface area contributed by atoms with E-state index in [1.807, 2.05) is 19.2 Å². The Morgan fingerprint density at radius 2 is 1.63 bits per heavy atom. The van der Waals surface area contributed by atoms with Crippen LogP contribution in [0, 0.1) is 122 Å². The largest absolute Gasteiger partial charge is 0.454 e. The number of aliphatic hydroxyl groups excluding tert-OH is 2. The molecule has 9 bridgehead atoms. The number of fused-ring (bicyclic) bond motifs is 2. The number of carbonyl (C=O) groups excluding carboxylic acids is 2. The summed E-state index contributed by atoms with van der Waals surface area (Å²) in [5.41, 5.74) is -4.01. The van der Waals surface area contributed by atoms with E-state index >= 15 is 15.0 Å². The summed E-state index contributed by atoms with van der Waals surface area (Å²) in [4.78, 5) is 30.0. The highest BCUT2D eigenvalue weighted by atomic mass is 16.5. The van der Waals surface area contributed by atoms with Crippen LogP contribution in [-0.2, 0) is 27.4 Å². The number of hydrogen-bond acceptors (Lipinski definition) is 9. The van der Waals surface area contributed by atoms with Crippen molar-refractivity contribution >= 4 is 12.3 Å². The molecule has 10 saturated carbocycles. The summed E-state index contributed by atoms with van der Waals surface area (Å²) in [5.74, 6) is 14.3. The number of benzene rings is 2. The van der Waals surface area contributed by atoms with Crippen LogP contribution in [0.3, 0.4) is 0 Å². The number of aldehydes is 1. The zero-order chi connectivity index (χ0) is 54.1. The van der Waals surface area contributed by atoms with Crippen LogP contribution in [0.25, 0.3) is 0 Å². The van der Waals surface area contributed by atoms with E-state index in [2.05, 4.69) is 72.3 Å². The fourth-order valence-corrected chi connectivity index (χ4v) is 24.6. The van der Waals surface area contributed by atoms with Crippen LogP contribution in [0.2, 0.25) is 0 Å². The Morgan fingerprint density at radius 3 is 2.41 bits per heavy atom. The van der Waals surface area contributed by atoms with Gasteiger partial charge >= 0.3 is 5.97 Å². The number of likely N-dealkylation sites (N-methyl/N-ethyl adjacent to an activating group) is 1. The molecule has 14 aliphatic rings. The van der Waals surface area contributed by atoms with Gasteiger partial charge in [0.15, 0.2) is 0 Å². The van der Waals surface area contributed by atoms with Gasteiger partial charge in [-0.1, -0.05) is 106 Å². The van der Waals surface area contributed by atoms with Gasteiger partial charge < -0.3 is 40.4 Å². The second kappa shape index (κ2) is 18.3. The third kappa shape index (κ3) is 6.87. The second-order valence-corrected chi connectivity index (χ2v) is 29.6. The molecule has 6 N–H and O–H groups in total. The third-order valence-electron chi connectivity index (χ3n) is 27.4. The Balaban J connectivity index is 0.985. The van der Waals surface area contributed by atoms with Gasteiger partial charge in [0, 0.05) is 64.0 Å². The molecule has 9 nitrogen and oxygen atoms in total. The molecule has 0 aromatic heterocycles. The van der Waals surface area contributed by atoms with Crippen LogP contribution < -0.4 is 5.32 Å². The summed E-state index contributed by atoms with van der Waals surface area (Å²) in [6.45, 7) is 2.32. The first-order chi connectivity index (χ1) is 38.2. The van der Waals surface area contributed by atoms with Crippen molar-refractivity contribution in [2.24, 2.45) is 98.6 Å². The van der Waals surface area contributed by atoms with Crippen LogP contribution in [0.15, 0.2) is 60.2 Å². The van der Waals surface area contributed by atoms with Gasteiger partial charge in [-0.2, -0.15) is 0 Å². The molecule has 0 radical (unpaired) electrons. The molecule has 16 rings (SSSR count). The van der Waals surface area contributed by atoms with E-state index < -0.39 is 74.3 Å². The average Bonchev–Trinajstić information content (AvgIpc) is 1.83. The van der Waals surface area contributed by atoms with Crippen molar-refractivity contribution in [1.29, 1.82) is 0 Å². The molecule has 3 spiro atoms. The molecule has 22 unspecified atom stereocenters. The van der Waals surface area contributed by atoms with E-state index in [-0.39, 0.29) is 66.5 Å². The lowest BCUT2D eigenvalue weighted by Crippen LogP contribution is -2.84. The topological polar surface area (TPSA) is 157 Å². The van der Waals surface area contributed by atoms with Gasteiger partial charge in [0.05, 0.1) is 29.3 Å². The van der Waals surface area contributed by atoms with Crippen molar-refractivity contribution in [2.45, 2.75) is 202 Å². The maximum absolute atomic E-state index is 15.8. The van der Waals surface area contributed by atoms with Crippen LogP contribution in [-0.4, -0.2) is 79.9 Å². The molecular formula is C70H87NO8. The van der Waals surface area contributed by atoms with Crippen molar-refractivity contribution in [3.8, 4) is 23.7 Å². The first kappa shape index (κ1) is 52.0. The number of carbonyl (C=O) groups is 2. The quantitative estimate of drug-likeness (QED) is 0.0943. The second-order valence-electron chi connectivity index (χ2n) is 29.6. The lowest BCUT2D eigenvalue weighted by Gasteiger charge is -2.75. The molecule has 10 fully saturated rings. The smallest absolute Gasteiger partial charge is 0.331 e. The molecular weight excluding hydrogens is 983 g/mol. The molecule has 2 aromatic rings. The summed E-state index contributed by atoms with van der Waals surface area (Å²) >= 11 is 0. The molecule has 22 atom stereocenters. The summed E-state index contributed by atoms with van der Waals surface area (Å²) in [6, 6.07) is 16.9. The van der Waals surface area contributed by atoms with Crippen molar-refractivity contribution < 1.29 is 39.9 Å². The number of hydrogen-bond donors (Lipinski definition) is 6. The van der Waals surface area contributed by atoms with Gasteiger partial charge in [-0.25, -0.2) is 4.79 Å². The minimum Gasteiger partial charge on any atom is -0.454 e. The van der Waals surface area contributed by atoms with Gasteiger partial charge in [0.25, 0.3) is 0 Å². The summed E-state index contributed by atoms with van der Waals surface area (Å²) in [7, 11) is 1.98. The molecule has 9 heteroatoms. The molecule has 13 aliphatic carbocycles. The van der Waals surface area contributed by atoms with Gasteiger partial charge in [-0.3, -0.25) is 0 Å². The molecule has 0 saturated heterocycles. The number of aliphatic hydroxyl groups is 5. The van der Waals surface area contributed by atoms with Gasteiger partial charge in [-0.05, 0) is 197 Å².